The Morgan fingerprint density at radius 1 is 1.33 bits per heavy atom. The van der Waals surface area contributed by atoms with Gasteiger partial charge < -0.3 is 15.4 Å². The van der Waals surface area contributed by atoms with Crippen LogP contribution in [0.2, 0.25) is 0 Å². The van der Waals surface area contributed by atoms with Gasteiger partial charge in [-0.2, -0.15) is 0 Å². The second-order valence-electron chi connectivity index (χ2n) is 5.42. The zero-order valence-corrected chi connectivity index (χ0v) is 11.3. The average Bonchev–Trinajstić information content (AvgIpc) is 3.20. The number of nitrogens with two attached hydrogens (primary N) is 1. The van der Waals surface area contributed by atoms with Crippen LogP contribution in [0.3, 0.4) is 0 Å². The average molecular weight is 255 g/mol. The van der Waals surface area contributed by atoms with Gasteiger partial charge in [0.2, 0.25) is 5.91 Å². The number of carbonyl (C=O) groups excluding carboxylic acids is 1. The van der Waals surface area contributed by atoms with Crippen LogP contribution in [0, 0.1) is 5.92 Å². The smallest absolute Gasteiger partial charge is 0.225 e. The monoisotopic (exact) mass is 255 g/mol. The summed E-state index contributed by atoms with van der Waals surface area (Å²) in [6.07, 6.45) is 3.06. The van der Waals surface area contributed by atoms with E-state index in [2.05, 4.69) is 4.90 Å². The van der Waals surface area contributed by atoms with Gasteiger partial charge in [-0.3, -0.25) is 9.69 Å². The predicted octanol–water partition coefficient (Wildman–Crippen LogP) is -0.0956. The van der Waals surface area contributed by atoms with E-state index in [1.54, 1.807) is 7.11 Å². The minimum atomic E-state index is -0.137. The van der Waals surface area contributed by atoms with Crippen LogP contribution in [0.5, 0.6) is 0 Å². The van der Waals surface area contributed by atoms with Crippen molar-refractivity contribution in [2.75, 3.05) is 46.4 Å². The number of ether oxygens (including phenoxy) is 1. The molecule has 0 bridgehead atoms. The highest BCUT2D eigenvalue weighted by Crippen LogP contribution is 2.29. The molecule has 1 aliphatic heterocycles. The Kier molecular flexibility index (Phi) is 4.97. The number of hydrogen-bond acceptors (Lipinski definition) is 4. The summed E-state index contributed by atoms with van der Waals surface area (Å²) in [4.78, 5) is 16.5. The van der Waals surface area contributed by atoms with Crippen molar-refractivity contribution in [3.63, 3.8) is 0 Å². The highest BCUT2D eigenvalue weighted by Gasteiger charge is 2.28. The van der Waals surface area contributed by atoms with Crippen LogP contribution in [0.25, 0.3) is 0 Å². The standard InChI is InChI=1S/C13H25N3O2/c1-18-12(9-14)8-13(17)16-6-4-15(5-7-16)10-11-2-3-11/h11-12H,2-10,14H2,1H3. The van der Waals surface area contributed by atoms with Crippen LogP contribution in [-0.4, -0.2) is 68.2 Å². The SMILES string of the molecule is COC(CN)CC(=O)N1CCN(CC2CC2)CC1. The van der Waals surface area contributed by atoms with E-state index in [0.29, 0.717) is 13.0 Å². The molecule has 5 nitrogen and oxygen atoms in total. The van der Waals surface area contributed by atoms with E-state index < -0.39 is 0 Å². The number of carbonyl (C=O) groups is 1. The van der Waals surface area contributed by atoms with Gasteiger partial charge in [0.1, 0.15) is 0 Å². The first kappa shape index (κ1) is 13.8. The lowest BCUT2D eigenvalue weighted by molar-refractivity contribution is -0.135. The maximum Gasteiger partial charge on any atom is 0.225 e. The summed E-state index contributed by atoms with van der Waals surface area (Å²) < 4.78 is 5.16. The van der Waals surface area contributed by atoms with Gasteiger partial charge in [-0.1, -0.05) is 0 Å². The van der Waals surface area contributed by atoms with Crippen LogP contribution in [-0.2, 0) is 9.53 Å². The third-order valence-electron chi connectivity index (χ3n) is 3.94. The van der Waals surface area contributed by atoms with Gasteiger partial charge in [0, 0.05) is 46.4 Å². The quantitative estimate of drug-likeness (QED) is 0.720. The number of nitrogens with zero attached hydrogens (tertiary/aromatic N) is 2. The lowest BCUT2D eigenvalue weighted by Gasteiger charge is -2.35. The van der Waals surface area contributed by atoms with Crippen molar-refractivity contribution in [1.29, 1.82) is 0 Å². The molecule has 1 unspecified atom stereocenters. The Morgan fingerprint density at radius 2 is 2.00 bits per heavy atom. The largest absolute Gasteiger partial charge is 0.380 e. The number of hydrogen-bond donors (Lipinski definition) is 1. The van der Waals surface area contributed by atoms with Crippen LogP contribution < -0.4 is 5.73 Å². The molecule has 5 heteroatoms. The molecule has 0 aromatic carbocycles. The van der Waals surface area contributed by atoms with Crippen molar-refractivity contribution in [3.8, 4) is 0 Å². The first-order chi connectivity index (χ1) is 8.72. The molecule has 1 atom stereocenters. The number of piperazine rings is 1. The van der Waals surface area contributed by atoms with Crippen LogP contribution >= 0.6 is 0 Å². The summed E-state index contributed by atoms with van der Waals surface area (Å²) in [5, 5.41) is 0. The van der Waals surface area contributed by atoms with Gasteiger partial charge in [0.05, 0.1) is 12.5 Å². The van der Waals surface area contributed by atoms with Crippen molar-refractivity contribution in [3.05, 3.63) is 0 Å². The summed E-state index contributed by atoms with van der Waals surface area (Å²) in [6, 6.07) is 0. The van der Waals surface area contributed by atoms with Gasteiger partial charge >= 0.3 is 0 Å². The molecule has 2 fully saturated rings. The molecule has 18 heavy (non-hydrogen) atoms. The maximum atomic E-state index is 12.0. The zero-order chi connectivity index (χ0) is 13.0. The minimum absolute atomic E-state index is 0.137. The van der Waals surface area contributed by atoms with E-state index >= 15 is 0 Å². The van der Waals surface area contributed by atoms with Crippen LogP contribution in [0.15, 0.2) is 0 Å². The Bertz CT molecular complexity index is 269. The highest BCUT2D eigenvalue weighted by atomic mass is 16.5. The van der Waals surface area contributed by atoms with Crippen molar-refractivity contribution in [1.82, 2.24) is 9.80 Å². The van der Waals surface area contributed by atoms with Gasteiger partial charge in [0.25, 0.3) is 0 Å². The second-order valence-corrected chi connectivity index (χ2v) is 5.42. The molecule has 2 N–H and O–H groups in total. The van der Waals surface area contributed by atoms with Crippen LogP contribution in [0.1, 0.15) is 19.3 Å². The molecule has 1 heterocycles. The molecule has 1 saturated heterocycles. The van der Waals surface area contributed by atoms with E-state index in [-0.39, 0.29) is 12.0 Å². The minimum Gasteiger partial charge on any atom is -0.380 e. The Labute approximate surface area is 109 Å². The summed E-state index contributed by atoms with van der Waals surface area (Å²) in [5.41, 5.74) is 5.54. The fraction of sp³-hybridized carbons (Fsp3) is 0.923. The third-order valence-corrected chi connectivity index (χ3v) is 3.94. The maximum absolute atomic E-state index is 12.0. The summed E-state index contributed by atoms with van der Waals surface area (Å²) in [7, 11) is 1.61. The van der Waals surface area contributed by atoms with Crippen molar-refractivity contribution in [2.24, 2.45) is 11.7 Å². The highest BCUT2D eigenvalue weighted by molar-refractivity contribution is 5.76. The Morgan fingerprint density at radius 3 is 2.50 bits per heavy atom. The molecule has 1 saturated carbocycles. The van der Waals surface area contributed by atoms with Gasteiger partial charge in [-0.15, -0.1) is 0 Å². The fourth-order valence-corrected chi connectivity index (χ4v) is 2.43. The van der Waals surface area contributed by atoms with E-state index in [4.69, 9.17) is 10.5 Å². The van der Waals surface area contributed by atoms with Gasteiger partial charge in [0.15, 0.2) is 0 Å². The molecule has 1 amide bonds. The van der Waals surface area contributed by atoms with Crippen molar-refractivity contribution >= 4 is 5.91 Å². The molecule has 0 aromatic heterocycles. The third kappa shape index (κ3) is 3.93. The normalized spacial score (nSPS) is 23.1. The lowest BCUT2D eigenvalue weighted by Crippen LogP contribution is -2.50. The molecule has 2 rings (SSSR count). The molecule has 0 spiro atoms. The molecule has 0 radical (unpaired) electrons. The Balaban J connectivity index is 1.69. The summed E-state index contributed by atoms with van der Waals surface area (Å²) >= 11 is 0. The lowest BCUT2D eigenvalue weighted by atomic mass is 10.2. The summed E-state index contributed by atoms with van der Waals surface area (Å²) in [6.45, 7) is 5.37. The first-order valence-electron chi connectivity index (χ1n) is 6.96. The molecule has 2 aliphatic rings. The molecule has 1 aliphatic carbocycles. The fourth-order valence-electron chi connectivity index (χ4n) is 2.43. The van der Waals surface area contributed by atoms with E-state index in [1.807, 2.05) is 4.90 Å². The second kappa shape index (κ2) is 6.50. The van der Waals surface area contributed by atoms with Gasteiger partial charge in [-0.25, -0.2) is 0 Å². The molecule has 104 valence electrons. The number of rotatable bonds is 6. The number of amides is 1. The zero-order valence-electron chi connectivity index (χ0n) is 11.3. The van der Waals surface area contributed by atoms with E-state index in [1.165, 1.54) is 19.4 Å². The van der Waals surface area contributed by atoms with E-state index in [0.717, 1.165) is 32.1 Å². The topological polar surface area (TPSA) is 58.8 Å². The van der Waals surface area contributed by atoms with Crippen LogP contribution in [0.4, 0.5) is 0 Å². The van der Waals surface area contributed by atoms with E-state index in [9.17, 15) is 4.79 Å². The van der Waals surface area contributed by atoms with Crippen molar-refractivity contribution in [2.45, 2.75) is 25.4 Å². The molecule has 0 aromatic rings. The predicted molar refractivity (Wildman–Crippen MR) is 70.2 cm³/mol. The summed E-state index contributed by atoms with van der Waals surface area (Å²) in [5.74, 6) is 1.11. The molecular formula is C13H25N3O2. The molecular weight excluding hydrogens is 230 g/mol. The first-order valence-corrected chi connectivity index (χ1v) is 6.96. The van der Waals surface area contributed by atoms with Gasteiger partial charge in [-0.05, 0) is 18.8 Å². The van der Waals surface area contributed by atoms with Crippen molar-refractivity contribution < 1.29 is 9.53 Å². The Hall–Kier alpha value is -0.650. The number of methoxy groups -OCH3 is 1.